The van der Waals surface area contributed by atoms with Crippen molar-refractivity contribution in [3.63, 3.8) is 0 Å². The van der Waals surface area contributed by atoms with Gasteiger partial charge in [-0.15, -0.1) is 0 Å². The fourth-order valence-electron chi connectivity index (χ4n) is 1.90. The zero-order valence-electron chi connectivity index (χ0n) is 10.0. The molecule has 1 aliphatic heterocycles. The van der Waals surface area contributed by atoms with Crippen LogP contribution >= 0.6 is 11.8 Å². The molecule has 3 N–H and O–H groups in total. The molecule has 18 heavy (non-hydrogen) atoms. The van der Waals surface area contributed by atoms with Crippen LogP contribution in [0.1, 0.15) is 11.7 Å². The quantitative estimate of drug-likeness (QED) is 0.807. The van der Waals surface area contributed by atoms with E-state index < -0.39 is 12.1 Å². The highest BCUT2D eigenvalue weighted by Crippen LogP contribution is 2.18. The van der Waals surface area contributed by atoms with Gasteiger partial charge in [-0.3, -0.25) is 9.78 Å². The minimum Gasteiger partial charge on any atom is -0.386 e. The molecule has 0 saturated carbocycles. The molecule has 0 radical (unpaired) electrons. The number of thioether (sulfide) groups is 1. The second-order valence-electron chi connectivity index (χ2n) is 4.19. The van der Waals surface area contributed by atoms with E-state index in [4.69, 9.17) is 5.73 Å². The van der Waals surface area contributed by atoms with Crippen molar-refractivity contribution < 1.29 is 9.90 Å². The smallest absolute Gasteiger partial charge is 0.242 e. The molecule has 98 valence electrons. The summed E-state index contributed by atoms with van der Waals surface area (Å²) in [5.74, 6) is 1.69. The van der Waals surface area contributed by atoms with E-state index in [1.54, 1.807) is 29.4 Å². The number of pyridine rings is 1. The molecule has 0 aliphatic carbocycles. The number of hydrogen-bond donors (Lipinski definition) is 2. The summed E-state index contributed by atoms with van der Waals surface area (Å²) in [5, 5.41) is 10.1. The molecule has 6 heteroatoms. The van der Waals surface area contributed by atoms with E-state index >= 15 is 0 Å². The molecule has 0 aromatic carbocycles. The van der Waals surface area contributed by atoms with Gasteiger partial charge in [-0.05, 0) is 17.7 Å². The summed E-state index contributed by atoms with van der Waals surface area (Å²) in [6.45, 7) is 1.42. The van der Waals surface area contributed by atoms with Crippen LogP contribution in [0.2, 0.25) is 0 Å². The van der Waals surface area contributed by atoms with Crippen LogP contribution < -0.4 is 5.73 Å². The molecule has 1 amide bonds. The predicted octanol–water partition coefficient (Wildman–Crippen LogP) is 0.0177. The van der Waals surface area contributed by atoms with Crippen LogP contribution in [0.4, 0.5) is 0 Å². The molecule has 1 aliphatic rings. The number of amides is 1. The monoisotopic (exact) mass is 267 g/mol. The molecule has 2 atom stereocenters. The topological polar surface area (TPSA) is 79.5 Å². The number of nitrogens with two attached hydrogens (primary N) is 1. The number of aromatic nitrogens is 1. The molecule has 0 bridgehead atoms. The van der Waals surface area contributed by atoms with Gasteiger partial charge >= 0.3 is 0 Å². The zero-order valence-corrected chi connectivity index (χ0v) is 10.8. The highest BCUT2D eigenvalue weighted by molar-refractivity contribution is 7.99. The Labute approximate surface area is 110 Å². The van der Waals surface area contributed by atoms with Crippen molar-refractivity contribution in [3.8, 4) is 0 Å². The van der Waals surface area contributed by atoms with Gasteiger partial charge < -0.3 is 15.7 Å². The Hall–Kier alpha value is -1.11. The number of aliphatic hydroxyl groups excluding tert-OH is 1. The fraction of sp³-hybridized carbons (Fsp3) is 0.500. The average Bonchev–Trinajstić information content (AvgIpc) is 2.47. The molecule has 5 nitrogen and oxygen atoms in total. The molecule has 1 aromatic rings. The first-order chi connectivity index (χ1) is 8.70. The third-order valence-corrected chi connectivity index (χ3v) is 3.94. The molecular weight excluding hydrogens is 250 g/mol. The number of nitrogens with zero attached hydrogens (tertiary/aromatic N) is 2. The van der Waals surface area contributed by atoms with E-state index in [0.29, 0.717) is 18.7 Å². The van der Waals surface area contributed by atoms with E-state index in [0.717, 1.165) is 11.5 Å². The van der Waals surface area contributed by atoms with Crippen molar-refractivity contribution in [2.45, 2.75) is 12.1 Å². The standard InChI is InChI=1S/C12H17N3O2S/c13-10(11(16)9-1-3-14-4-2-9)12(17)15-5-7-18-8-6-15/h1-4,10-11,16H,5-8,13H2. The minimum absolute atomic E-state index is 0.181. The lowest BCUT2D eigenvalue weighted by atomic mass is 10.0. The SMILES string of the molecule is NC(C(=O)N1CCSCC1)C(O)c1ccncc1. The maximum atomic E-state index is 12.1. The van der Waals surface area contributed by atoms with Crippen LogP contribution in [0.25, 0.3) is 0 Å². The van der Waals surface area contributed by atoms with Crippen molar-refractivity contribution in [3.05, 3.63) is 30.1 Å². The number of aliphatic hydroxyl groups is 1. The van der Waals surface area contributed by atoms with E-state index in [2.05, 4.69) is 4.98 Å². The maximum Gasteiger partial charge on any atom is 0.242 e. The van der Waals surface area contributed by atoms with Crippen molar-refractivity contribution in [1.29, 1.82) is 0 Å². The lowest BCUT2D eigenvalue weighted by molar-refractivity contribution is -0.134. The van der Waals surface area contributed by atoms with Crippen LogP contribution in [-0.2, 0) is 4.79 Å². The van der Waals surface area contributed by atoms with Crippen molar-refractivity contribution in [2.24, 2.45) is 5.73 Å². The van der Waals surface area contributed by atoms with Crippen LogP contribution in [0.15, 0.2) is 24.5 Å². The van der Waals surface area contributed by atoms with Gasteiger partial charge in [0, 0.05) is 37.0 Å². The largest absolute Gasteiger partial charge is 0.386 e. The fourth-order valence-corrected chi connectivity index (χ4v) is 2.80. The van der Waals surface area contributed by atoms with Gasteiger partial charge in [0.25, 0.3) is 0 Å². The van der Waals surface area contributed by atoms with E-state index in [1.807, 2.05) is 11.8 Å². The van der Waals surface area contributed by atoms with E-state index in [1.165, 1.54) is 0 Å². The highest BCUT2D eigenvalue weighted by atomic mass is 32.2. The van der Waals surface area contributed by atoms with E-state index in [-0.39, 0.29) is 5.91 Å². The predicted molar refractivity (Wildman–Crippen MR) is 71.1 cm³/mol. The number of hydrogen-bond acceptors (Lipinski definition) is 5. The van der Waals surface area contributed by atoms with Crippen molar-refractivity contribution in [2.75, 3.05) is 24.6 Å². The summed E-state index contributed by atoms with van der Waals surface area (Å²) < 4.78 is 0. The second-order valence-corrected chi connectivity index (χ2v) is 5.41. The summed E-state index contributed by atoms with van der Waals surface area (Å²) in [6, 6.07) is 2.43. The third kappa shape index (κ3) is 3.01. The van der Waals surface area contributed by atoms with Crippen LogP contribution in [0.3, 0.4) is 0 Å². The average molecular weight is 267 g/mol. The Morgan fingerprint density at radius 1 is 1.39 bits per heavy atom. The van der Waals surface area contributed by atoms with Crippen molar-refractivity contribution >= 4 is 17.7 Å². The molecular formula is C12H17N3O2S. The Bertz CT molecular complexity index is 396. The Morgan fingerprint density at radius 2 is 2.00 bits per heavy atom. The van der Waals surface area contributed by atoms with Gasteiger partial charge in [0.1, 0.15) is 12.1 Å². The first-order valence-corrected chi connectivity index (χ1v) is 7.05. The Balaban J connectivity index is 2.01. The molecule has 2 rings (SSSR count). The summed E-state index contributed by atoms with van der Waals surface area (Å²) in [7, 11) is 0. The highest BCUT2D eigenvalue weighted by Gasteiger charge is 2.29. The lowest BCUT2D eigenvalue weighted by Gasteiger charge is -2.30. The minimum atomic E-state index is -0.977. The Morgan fingerprint density at radius 3 is 2.61 bits per heavy atom. The van der Waals surface area contributed by atoms with Gasteiger partial charge in [-0.1, -0.05) is 0 Å². The molecule has 0 spiro atoms. The lowest BCUT2D eigenvalue weighted by Crippen LogP contribution is -2.49. The van der Waals surface area contributed by atoms with Gasteiger partial charge in [-0.2, -0.15) is 11.8 Å². The molecule has 2 heterocycles. The van der Waals surface area contributed by atoms with Gasteiger partial charge in [-0.25, -0.2) is 0 Å². The molecule has 2 unspecified atom stereocenters. The summed E-state index contributed by atoms with van der Waals surface area (Å²) in [6.07, 6.45) is 2.18. The number of carbonyl (C=O) groups is 1. The van der Waals surface area contributed by atoms with Crippen molar-refractivity contribution in [1.82, 2.24) is 9.88 Å². The zero-order chi connectivity index (χ0) is 13.0. The second kappa shape index (κ2) is 6.17. The summed E-state index contributed by atoms with van der Waals surface area (Å²) >= 11 is 1.83. The first-order valence-electron chi connectivity index (χ1n) is 5.90. The van der Waals surface area contributed by atoms with Crippen LogP contribution in [-0.4, -0.2) is 51.5 Å². The number of carbonyl (C=O) groups excluding carboxylic acids is 1. The first kappa shape index (κ1) is 13.3. The van der Waals surface area contributed by atoms with Crippen LogP contribution in [0, 0.1) is 0 Å². The maximum absolute atomic E-state index is 12.1. The molecule has 1 aromatic heterocycles. The Kier molecular flexibility index (Phi) is 4.57. The molecule has 1 fully saturated rings. The van der Waals surface area contributed by atoms with E-state index in [9.17, 15) is 9.90 Å². The van der Waals surface area contributed by atoms with Gasteiger partial charge in [0.05, 0.1) is 0 Å². The normalized spacial score (nSPS) is 19.3. The summed E-state index contributed by atoms with van der Waals surface area (Å²) in [4.78, 5) is 17.7. The third-order valence-electron chi connectivity index (χ3n) is 3.00. The van der Waals surface area contributed by atoms with Gasteiger partial charge in [0.2, 0.25) is 5.91 Å². The number of rotatable bonds is 3. The van der Waals surface area contributed by atoms with Gasteiger partial charge in [0.15, 0.2) is 0 Å². The molecule has 1 saturated heterocycles. The summed E-state index contributed by atoms with van der Waals surface area (Å²) in [5.41, 5.74) is 6.48. The van der Waals surface area contributed by atoms with Crippen LogP contribution in [0.5, 0.6) is 0 Å².